The van der Waals surface area contributed by atoms with E-state index < -0.39 is 6.04 Å². The molecule has 110 valence electrons. The lowest BCUT2D eigenvalue weighted by molar-refractivity contribution is -0.147. The van der Waals surface area contributed by atoms with Crippen LogP contribution in [0.25, 0.3) is 0 Å². The number of carbonyl (C=O) groups is 2. The number of hydrogen-bond acceptors (Lipinski definition) is 3. The molecule has 0 aromatic heterocycles. The van der Waals surface area contributed by atoms with Gasteiger partial charge in [0.1, 0.15) is 6.04 Å². The van der Waals surface area contributed by atoms with Crippen molar-refractivity contribution < 1.29 is 14.3 Å². The second kappa shape index (κ2) is 8.35. The standard InChI is InChI=1S/C16H23NO3/c1-4-20-16(19)14(10-12(2)3)17-15(18)11-13-8-6-5-7-9-13/h5-9,12,14H,4,10-11H2,1-3H3,(H,17,18)/t14-/m0/s1. The van der Waals surface area contributed by atoms with Crippen LogP contribution in [-0.4, -0.2) is 24.5 Å². The summed E-state index contributed by atoms with van der Waals surface area (Å²) < 4.78 is 5.00. The highest BCUT2D eigenvalue weighted by molar-refractivity contribution is 5.85. The van der Waals surface area contributed by atoms with E-state index in [1.165, 1.54) is 0 Å². The molecule has 1 rings (SSSR count). The number of amides is 1. The molecule has 0 aliphatic carbocycles. The first-order valence-electron chi connectivity index (χ1n) is 7.02. The van der Waals surface area contributed by atoms with Gasteiger partial charge in [0.15, 0.2) is 0 Å². The molecule has 4 heteroatoms. The number of rotatable bonds is 7. The molecule has 0 bridgehead atoms. The van der Waals surface area contributed by atoms with Crippen molar-refractivity contribution in [1.82, 2.24) is 5.32 Å². The van der Waals surface area contributed by atoms with Crippen molar-refractivity contribution in [3.8, 4) is 0 Å². The summed E-state index contributed by atoms with van der Waals surface area (Å²) in [5.41, 5.74) is 0.928. The Bertz CT molecular complexity index is 429. The number of esters is 1. The van der Waals surface area contributed by atoms with Gasteiger partial charge in [0.2, 0.25) is 5.91 Å². The molecule has 20 heavy (non-hydrogen) atoms. The number of hydrogen-bond donors (Lipinski definition) is 1. The van der Waals surface area contributed by atoms with Crippen molar-refractivity contribution in [3.05, 3.63) is 35.9 Å². The molecule has 0 heterocycles. The summed E-state index contributed by atoms with van der Waals surface area (Å²) in [6.07, 6.45) is 0.855. The fourth-order valence-electron chi connectivity index (χ4n) is 1.95. The Balaban J connectivity index is 2.59. The lowest BCUT2D eigenvalue weighted by atomic mass is 10.0. The summed E-state index contributed by atoms with van der Waals surface area (Å²) in [7, 11) is 0. The lowest BCUT2D eigenvalue weighted by Crippen LogP contribution is -2.43. The van der Waals surface area contributed by atoms with Crippen LogP contribution in [0.1, 0.15) is 32.8 Å². The minimum absolute atomic E-state index is 0.157. The first-order chi connectivity index (χ1) is 9.52. The highest BCUT2D eigenvalue weighted by atomic mass is 16.5. The van der Waals surface area contributed by atoms with Crippen molar-refractivity contribution in [1.29, 1.82) is 0 Å². The van der Waals surface area contributed by atoms with Crippen LogP contribution in [0.4, 0.5) is 0 Å². The number of ether oxygens (including phenoxy) is 1. The van der Waals surface area contributed by atoms with E-state index in [9.17, 15) is 9.59 Å². The molecule has 1 atom stereocenters. The third kappa shape index (κ3) is 5.87. The van der Waals surface area contributed by atoms with Crippen LogP contribution in [0, 0.1) is 5.92 Å². The molecule has 0 radical (unpaired) electrons. The van der Waals surface area contributed by atoms with Crippen molar-refractivity contribution in [2.75, 3.05) is 6.61 Å². The normalized spacial score (nSPS) is 12.0. The topological polar surface area (TPSA) is 55.4 Å². The zero-order chi connectivity index (χ0) is 15.0. The average molecular weight is 277 g/mol. The molecular formula is C16H23NO3. The van der Waals surface area contributed by atoms with Crippen LogP contribution in [0.5, 0.6) is 0 Å². The quantitative estimate of drug-likeness (QED) is 0.778. The van der Waals surface area contributed by atoms with Crippen LogP contribution in [0.15, 0.2) is 30.3 Å². The van der Waals surface area contributed by atoms with Gasteiger partial charge in [-0.2, -0.15) is 0 Å². The van der Waals surface area contributed by atoms with Crippen molar-refractivity contribution in [2.45, 2.75) is 39.7 Å². The maximum atomic E-state index is 12.0. The maximum absolute atomic E-state index is 12.0. The first kappa shape index (κ1) is 16.2. The molecule has 1 aromatic rings. The molecule has 0 aliphatic rings. The number of carbonyl (C=O) groups excluding carboxylic acids is 2. The average Bonchev–Trinajstić information content (AvgIpc) is 2.38. The Morgan fingerprint density at radius 2 is 1.85 bits per heavy atom. The van der Waals surface area contributed by atoms with Gasteiger partial charge in [-0.15, -0.1) is 0 Å². The van der Waals surface area contributed by atoms with E-state index in [0.717, 1.165) is 5.56 Å². The van der Waals surface area contributed by atoms with Crippen molar-refractivity contribution in [2.24, 2.45) is 5.92 Å². The Morgan fingerprint density at radius 1 is 1.20 bits per heavy atom. The molecule has 0 fully saturated rings. The summed E-state index contributed by atoms with van der Waals surface area (Å²) in [5, 5.41) is 2.77. The predicted octanol–water partition coefficient (Wildman–Crippen LogP) is 2.32. The highest BCUT2D eigenvalue weighted by Crippen LogP contribution is 2.07. The molecule has 0 saturated heterocycles. The first-order valence-corrected chi connectivity index (χ1v) is 7.02. The second-order valence-corrected chi connectivity index (χ2v) is 5.16. The van der Waals surface area contributed by atoms with E-state index in [4.69, 9.17) is 4.74 Å². The van der Waals surface area contributed by atoms with Crippen molar-refractivity contribution >= 4 is 11.9 Å². The number of nitrogens with one attached hydrogen (secondary N) is 1. The van der Waals surface area contributed by atoms with Crippen LogP contribution in [-0.2, 0) is 20.7 Å². The Hall–Kier alpha value is -1.84. The van der Waals surface area contributed by atoms with E-state index in [2.05, 4.69) is 5.32 Å². The molecule has 0 aliphatic heterocycles. The monoisotopic (exact) mass is 277 g/mol. The minimum atomic E-state index is -0.564. The zero-order valence-electron chi connectivity index (χ0n) is 12.4. The van der Waals surface area contributed by atoms with Gasteiger partial charge in [-0.05, 0) is 24.8 Å². The van der Waals surface area contributed by atoms with Gasteiger partial charge >= 0.3 is 5.97 Å². The fourth-order valence-corrected chi connectivity index (χ4v) is 1.95. The largest absolute Gasteiger partial charge is 0.464 e. The Labute approximate surface area is 120 Å². The van der Waals surface area contributed by atoms with E-state index in [1.54, 1.807) is 6.92 Å². The summed E-state index contributed by atoms with van der Waals surface area (Å²) >= 11 is 0. The van der Waals surface area contributed by atoms with E-state index in [-0.39, 0.29) is 18.3 Å². The fraction of sp³-hybridized carbons (Fsp3) is 0.500. The van der Waals surface area contributed by atoms with Crippen LogP contribution < -0.4 is 5.32 Å². The third-order valence-corrected chi connectivity index (χ3v) is 2.82. The predicted molar refractivity (Wildman–Crippen MR) is 78.2 cm³/mol. The van der Waals surface area contributed by atoms with Gasteiger partial charge in [-0.3, -0.25) is 4.79 Å². The van der Waals surface area contributed by atoms with Crippen LogP contribution >= 0.6 is 0 Å². The molecule has 1 amide bonds. The van der Waals surface area contributed by atoms with Gasteiger partial charge < -0.3 is 10.1 Å². The minimum Gasteiger partial charge on any atom is -0.464 e. The highest BCUT2D eigenvalue weighted by Gasteiger charge is 2.22. The second-order valence-electron chi connectivity index (χ2n) is 5.16. The van der Waals surface area contributed by atoms with E-state index in [1.807, 2.05) is 44.2 Å². The maximum Gasteiger partial charge on any atom is 0.328 e. The summed E-state index contributed by atoms with van der Waals surface area (Å²) in [4.78, 5) is 23.8. The molecule has 0 saturated carbocycles. The Morgan fingerprint density at radius 3 is 2.40 bits per heavy atom. The number of benzene rings is 1. The molecule has 0 spiro atoms. The Kier molecular flexibility index (Phi) is 6.77. The third-order valence-electron chi connectivity index (χ3n) is 2.82. The van der Waals surface area contributed by atoms with Gasteiger partial charge in [-0.25, -0.2) is 4.79 Å². The van der Waals surface area contributed by atoms with Gasteiger partial charge in [0, 0.05) is 0 Å². The van der Waals surface area contributed by atoms with Crippen LogP contribution in [0.3, 0.4) is 0 Å². The van der Waals surface area contributed by atoms with Gasteiger partial charge in [0.25, 0.3) is 0 Å². The van der Waals surface area contributed by atoms with E-state index >= 15 is 0 Å². The van der Waals surface area contributed by atoms with Crippen molar-refractivity contribution in [3.63, 3.8) is 0 Å². The zero-order valence-corrected chi connectivity index (χ0v) is 12.4. The summed E-state index contributed by atoms with van der Waals surface area (Å²) in [6.45, 7) is 6.10. The molecule has 1 N–H and O–H groups in total. The van der Waals surface area contributed by atoms with Gasteiger partial charge in [-0.1, -0.05) is 44.2 Å². The lowest BCUT2D eigenvalue weighted by Gasteiger charge is -2.19. The molecular weight excluding hydrogens is 254 g/mol. The smallest absolute Gasteiger partial charge is 0.328 e. The summed E-state index contributed by atoms with van der Waals surface area (Å²) in [5.74, 6) is -0.209. The van der Waals surface area contributed by atoms with Gasteiger partial charge in [0.05, 0.1) is 13.0 Å². The molecule has 4 nitrogen and oxygen atoms in total. The molecule has 0 unspecified atom stereocenters. The summed E-state index contributed by atoms with van der Waals surface area (Å²) in [6, 6.07) is 8.90. The van der Waals surface area contributed by atoms with Crippen LogP contribution in [0.2, 0.25) is 0 Å². The molecule has 1 aromatic carbocycles. The van der Waals surface area contributed by atoms with E-state index in [0.29, 0.717) is 18.9 Å². The SMILES string of the molecule is CCOC(=O)[C@H](CC(C)C)NC(=O)Cc1ccccc1.